The topological polar surface area (TPSA) is 123 Å². The van der Waals surface area contributed by atoms with E-state index < -0.39 is 12.3 Å². The Morgan fingerprint density at radius 3 is 2.55 bits per heavy atom. The molecule has 14 heteroatoms. The van der Waals surface area contributed by atoms with Crippen LogP contribution in [0.1, 0.15) is 41.9 Å². The highest BCUT2D eigenvalue weighted by Gasteiger charge is 2.36. The fourth-order valence-electron chi connectivity index (χ4n) is 4.13. The van der Waals surface area contributed by atoms with Crippen molar-refractivity contribution in [3.05, 3.63) is 77.2 Å². The Bertz CT molecular complexity index is 1510. The van der Waals surface area contributed by atoms with Gasteiger partial charge in [-0.2, -0.15) is 5.10 Å². The smallest absolute Gasteiger partial charge is 0.406 e. The molecule has 42 heavy (non-hydrogen) atoms. The molecule has 0 aliphatic heterocycles. The summed E-state index contributed by atoms with van der Waals surface area (Å²) in [6.45, 7) is 0. The summed E-state index contributed by atoms with van der Waals surface area (Å²) < 4.78 is 41.2. The minimum atomic E-state index is -4.81. The molecule has 1 saturated carbocycles. The zero-order chi connectivity index (χ0) is 29.5. The highest BCUT2D eigenvalue weighted by molar-refractivity contribution is 7.15. The number of pyridine rings is 1. The number of halogens is 3. The summed E-state index contributed by atoms with van der Waals surface area (Å²) in [5, 5.41) is 20.7. The number of hydrogen-bond acceptors (Lipinski definition) is 9. The van der Waals surface area contributed by atoms with Gasteiger partial charge in [0, 0.05) is 18.5 Å². The summed E-state index contributed by atoms with van der Waals surface area (Å²) in [4.78, 5) is 31.0. The molecule has 218 valence electrons. The van der Waals surface area contributed by atoms with Crippen LogP contribution in [0.4, 0.5) is 29.8 Å². The van der Waals surface area contributed by atoms with E-state index in [1.165, 1.54) is 29.5 Å². The largest absolute Gasteiger partial charge is 0.573 e. The summed E-state index contributed by atoms with van der Waals surface area (Å²) in [5.74, 6) is -0.546. The van der Waals surface area contributed by atoms with Gasteiger partial charge in [-0.3, -0.25) is 19.5 Å². The lowest BCUT2D eigenvalue weighted by atomic mass is 10.1. The van der Waals surface area contributed by atoms with Crippen LogP contribution in [0.3, 0.4) is 0 Å². The van der Waals surface area contributed by atoms with Crippen LogP contribution < -0.4 is 15.0 Å². The van der Waals surface area contributed by atoms with Gasteiger partial charge in [0.15, 0.2) is 5.82 Å². The summed E-state index contributed by atoms with van der Waals surface area (Å²) >= 11 is 1.40. The van der Waals surface area contributed by atoms with E-state index in [9.17, 15) is 22.8 Å². The lowest BCUT2D eigenvalue weighted by Gasteiger charge is -2.18. The fourth-order valence-corrected chi connectivity index (χ4v) is 5.04. The molecule has 1 N–H and O–H groups in total. The van der Waals surface area contributed by atoms with Gasteiger partial charge in [-0.05, 0) is 74.1 Å². The van der Waals surface area contributed by atoms with Crippen molar-refractivity contribution in [2.24, 2.45) is 5.92 Å². The molecule has 10 nitrogen and oxygen atoms in total. The zero-order valence-electron chi connectivity index (χ0n) is 22.3. The molecule has 0 atom stereocenters. The monoisotopic (exact) mass is 597 g/mol. The van der Waals surface area contributed by atoms with Gasteiger partial charge < -0.3 is 10.1 Å². The normalized spacial score (nSPS) is 13.0. The number of carbonyl (C=O) groups excluding carboxylic acids is 2. The van der Waals surface area contributed by atoms with Gasteiger partial charge in [0.05, 0.1) is 24.0 Å². The van der Waals surface area contributed by atoms with E-state index in [2.05, 4.69) is 35.4 Å². The standard InChI is InChI=1S/C28H26F3N7O3S/c29-28(30,31)41-22-8-3-5-18(15-22)16-24(39)33-23-13-12-20(34-35-23)6-1-2-9-25-36-37-27(42-25)38(26(40)19-10-11-19)21-7-4-14-32-17-21/h3-5,7-8,12-15,17,19H,1-2,6,9-11,16H2,(H,33,35,39). The number of ether oxygens (including phenoxy) is 1. The molecule has 1 aliphatic carbocycles. The lowest BCUT2D eigenvalue weighted by molar-refractivity contribution is -0.274. The van der Waals surface area contributed by atoms with E-state index >= 15 is 0 Å². The number of aryl methyl sites for hydroxylation is 2. The zero-order valence-corrected chi connectivity index (χ0v) is 23.1. The third-order valence-electron chi connectivity index (χ3n) is 6.26. The Balaban J connectivity index is 1.07. The van der Waals surface area contributed by atoms with Crippen LogP contribution in [0.25, 0.3) is 0 Å². The maximum atomic E-state index is 12.9. The van der Waals surface area contributed by atoms with Gasteiger partial charge in [0.2, 0.25) is 16.9 Å². The molecular weight excluding hydrogens is 571 g/mol. The third-order valence-corrected chi connectivity index (χ3v) is 7.22. The molecule has 1 aromatic carbocycles. The van der Waals surface area contributed by atoms with Crippen molar-refractivity contribution in [1.82, 2.24) is 25.4 Å². The first-order chi connectivity index (χ1) is 20.2. The first kappa shape index (κ1) is 29.0. The lowest BCUT2D eigenvalue weighted by Crippen LogP contribution is -2.27. The Morgan fingerprint density at radius 2 is 1.83 bits per heavy atom. The second-order valence-corrected chi connectivity index (χ2v) is 10.7. The number of nitrogens with zero attached hydrogens (tertiary/aromatic N) is 6. The van der Waals surface area contributed by atoms with Gasteiger partial charge in [0.1, 0.15) is 10.8 Å². The Kier molecular flexibility index (Phi) is 9.00. The number of benzene rings is 1. The number of hydrogen-bond donors (Lipinski definition) is 1. The van der Waals surface area contributed by atoms with E-state index in [0.717, 1.165) is 42.5 Å². The average molecular weight is 598 g/mol. The van der Waals surface area contributed by atoms with E-state index in [4.69, 9.17) is 0 Å². The van der Waals surface area contributed by atoms with Crippen molar-refractivity contribution < 1.29 is 27.5 Å². The molecule has 0 spiro atoms. The minimum absolute atomic E-state index is 0.0219. The van der Waals surface area contributed by atoms with Crippen molar-refractivity contribution >= 4 is 39.8 Å². The number of unbranched alkanes of at least 4 members (excludes halogenated alkanes) is 1. The summed E-state index contributed by atoms with van der Waals surface area (Å²) in [6.07, 6.45) is 3.13. The van der Waals surface area contributed by atoms with Crippen LogP contribution in [0, 0.1) is 5.92 Å². The predicted octanol–water partition coefficient (Wildman–Crippen LogP) is 5.44. The number of anilines is 3. The van der Waals surface area contributed by atoms with Gasteiger partial charge in [-0.1, -0.05) is 23.5 Å². The molecule has 3 heterocycles. The molecule has 1 fully saturated rings. The maximum absolute atomic E-state index is 12.9. The highest BCUT2D eigenvalue weighted by Crippen LogP contribution is 2.37. The van der Waals surface area contributed by atoms with Crippen LogP contribution in [-0.2, 0) is 28.9 Å². The molecule has 0 unspecified atom stereocenters. The van der Waals surface area contributed by atoms with Crippen molar-refractivity contribution in [2.45, 2.75) is 51.3 Å². The quantitative estimate of drug-likeness (QED) is 0.214. The summed E-state index contributed by atoms with van der Waals surface area (Å²) in [5.41, 5.74) is 1.79. The third kappa shape index (κ3) is 8.28. The second kappa shape index (κ2) is 13.0. The minimum Gasteiger partial charge on any atom is -0.406 e. The molecule has 2 amide bonds. The molecule has 0 bridgehead atoms. The number of amides is 2. The van der Waals surface area contributed by atoms with E-state index in [0.29, 0.717) is 29.2 Å². The van der Waals surface area contributed by atoms with E-state index in [1.54, 1.807) is 35.5 Å². The Labute approximate surface area is 243 Å². The fraction of sp³-hybridized carbons (Fsp3) is 0.321. The Morgan fingerprint density at radius 1 is 1.00 bits per heavy atom. The summed E-state index contributed by atoms with van der Waals surface area (Å²) in [6, 6.07) is 12.3. The van der Waals surface area contributed by atoms with Crippen molar-refractivity contribution in [3.8, 4) is 5.75 Å². The van der Waals surface area contributed by atoms with Gasteiger partial charge >= 0.3 is 6.36 Å². The molecule has 5 rings (SSSR count). The van der Waals surface area contributed by atoms with Gasteiger partial charge in [0.25, 0.3) is 0 Å². The molecule has 0 saturated heterocycles. The van der Waals surface area contributed by atoms with Crippen LogP contribution in [0.15, 0.2) is 60.9 Å². The number of aromatic nitrogens is 5. The molecule has 4 aromatic rings. The molecular formula is C28H26F3N7O3S. The highest BCUT2D eigenvalue weighted by atomic mass is 32.1. The predicted molar refractivity (Wildman–Crippen MR) is 148 cm³/mol. The van der Waals surface area contributed by atoms with Crippen LogP contribution in [0.5, 0.6) is 5.75 Å². The SMILES string of the molecule is O=C(Cc1cccc(OC(F)(F)F)c1)Nc1ccc(CCCCc2nnc(N(C(=O)C3CC3)c3cccnc3)s2)nn1. The van der Waals surface area contributed by atoms with Crippen molar-refractivity contribution in [1.29, 1.82) is 0 Å². The Hall–Kier alpha value is -4.46. The van der Waals surface area contributed by atoms with Gasteiger partial charge in [-0.15, -0.1) is 28.5 Å². The average Bonchev–Trinajstić information content (AvgIpc) is 3.71. The van der Waals surface area contributed by atoms with Crippen molar-refractivity contribution in [3.63, 3.8) is 0 Å². The van der Waals surface area contributed by atoms with Crippen LogP contribution in [0.2, 0.25) is 0 Å². The number of alkyl halides is 3. The number of carbonyl (C=O) groups is 2. The van der Waals surface area contributed by atoms with Gasteiger partial charge in [-0.25, -0.2) is 0 Å². The van der Waals surface area contributed by atoms with Crippen LogP contribution in [-0.4, -0.2) is 43.6 Å². The first-order valence-corrected chi connectivity index (χ1v) is 14.1. The summed E-state index contributed by atoms with van der Waals surface area (Å²) in [7, 11) is 0. The van der Waals surface area contributed by atoms with E-state index in [-0.39, 0.29) is 29.8 Å². The molecule has 0 radical (unpaired) electrons. The van der Waals surface area contributed by atoms with Crippen LogP contribution >= 0.6 is 11.3 Å². The van der Waals surface area contributed by atoms with Crippen molar-refractivity contribution in [2.75, 3.05) is 10.2 Å². The first-order valence-electron chi connectivity index (χ1n) is 13.3. The number of nitrogens with one attached hydrogen (secondary N) is 1. The second-order valence-electron chi connectivity index (χ2n) is 9.67. The molecule has 3 aromatic heterocycles. The number of rotatable bonds is 12. The molecule has 1 aliphatic rings. The maximum Gasteiger partial charge on any atom is 0.573 e. The van der Waals surface area contributed by atoms with E-state index in [1.807, 2.05) is 6.07 Å².